The standard InChI is InChI=1S/C11H20N4O/c1-4-9-6-14-15(7-9)8(3)10(11(12)16)13-5-2/h6-8,10,13H,4-5H2,1-3H3,(H2,12,16). The van der Waals surface area contributed by atoms with Crippen molar-refractivity contribution in [3.05, 3.63) is 18.0 Å². The molecule has 2 atom stereocenters. The van der Waals surface area contributed by atoms with E-state index in [1.165, 1.54) is 0 Å². The predicted molar refractivity (Wildman–Crippen MR) is 63.0 cm³/mol. The minimum Gasteiger partial charge on any atom is -0.368 e. The number of likely N-dealkylation sites (N-methyl/N-ethyl adjacent to an activating group) is 1. The molecule has 2 unspecified atom stereocenters. The summed E-state index contributed by atoms with van der Waals surface area (Å²) in [6.07, 6.45) is 4.72. The van der Waals surface area contributed by atoms with Gasteiger partial charge in [-0.05, 0) is 25.5 Å². The Bertz CT molecular complexity index is 348. The summed E-state index contributed by atoms with van der Waals surface area (Å²) in [5.41, 5.74) is 6.52. The molecular weight excluding hydrogens is 204 g/mol. The van der Waals surface area contributed by atoms with Crippen LogP contribution in [-0.4, -0.2) is 28.3 Å². The van der Waals surface area contributed by atoms with Gasteiger partial charge < -0.3 is 11.1 Å². The molecule has 16 heavy (non-hydrogen) atoms. The third-order valence-corrected chi connectivity index (χ3v) is 2.69. The smallest absolute Gasteiger partial charge is 0.236 e. The number of nitrogens with one attached hydrogen (secondary N) is 1. The van der Waals surface area contributed by atoms with Crippen LogP contribution in [0, 0.1) is 0 Å². The maximum atomic E-state index is 11.3. The van der Waals surface area contributed by atoms with Crippen LogP contribution in [0.5, 0.6) is 0 Å². The number of aryl methyl sites for hydroxylation is 1. The molecule has 0 aliphatic carbocycles. The molecule has 3 N–H and O–H groups in total. The first kappa shape index (κ1) is 12.7. The maximum Gasteiger partial charge on any atom is 0.236 e. The SMILES string of the molecule is CCNC(C(N)=O)C(C)n1cc(CC)cn1. The summed E-state index contributed by atoms with van der Waals surface area (Å²) in [5.74, 6) is -0.345. The molecule has 1 aromatic rings. The first-order valence-electron chi connectivity index (χ1n) is 5.65. The summed E-state index contributed by atoms with van der Waals surface area (Å²) in [7, 11) is 0. The molecule has 5 nitrogen and oxygen atoms in total. The van der Waals surface area contributed by atoms with Gasteiger partial charge in [-0.15, -0.1) is 0 Å². The molecule has 0 bridgehead atoms. The fourth-order valence-corrected chi connectivity index (χ4v) is 1.66. The fraction of sp³-hybridized carbons (Fsp3) is 0.636. The number of nitrogens with two attached hydrogens (primary N) is 1. The molecule has 1 rings (SSSR count). The predicted octanol–water partition coefficient (Wildman–Crippen LogP) is 0.470. The molecule has 0 saturated carbocycles. The van der Waals surface area contributed by atoms with Gasteiger partial charge in [0.25, 0.3) is 0 Å². The van der Waals surface area contributed by atoms with Crippen molar-refractivity contribution < 1.29 is 4.79 Å². The molecule has 0 spiro atoms. The average molecular weight is 224 g/mol. The molecular formula is C11H20N4O. The molecule has 1 amide bonds. The average Bonchev–Trinajstić information content (AvgIpc) is 2.73. The molecule has 5 heteroatoms. The lowest BCUT2D eigenvalue weighted by Gasteiger charge is -2.22. The third kappa shape index (κ3) is 2.82. The molecule has 1 aromatic heterocycles. The Kier molecular flexibility index (Phi) is 4.49. The van der Waals surface area contributed by atoms with Gasteiger partial charge in [-0.2, -0.15) is 5.10 Å². The van der Waals surface area contributed by atoms with Gasteiger partial charge in [-0.3, -0.25) is 9.48 Å². The van der Waals surface area contributed by atoms with E-state index in [1.807, 2.05) is 26.2 Å². The lowest BCUT2D eigenvalue weighted by Crippen LogP contribution is -2.46. The highest BCUT2D eigenvalue weighted by Crippen LogP contribution is 2.11. The molecule has 0 saturated heterocycles. The zero-order valence-corrected chi connectivity index (χ0v) is 10.1. The minimum absolute atomic E-state index is 0.0715. The summed E-state index contributed by atoms with van der Waals surface area (Å²) >= 11 is 0. The summed E-state index contributed by atoms with van der Waals surface area (Å²) < 4.78 is 1.79. The Morgan fingerprint density at radius 3 is 2.75 bits per heavy atom. The first-order chi connectivity index (χ1) is 7.60. The highest BCUT2D eigenvalue weighted by Gasteiger charge is 2.23. The van der Waals surface area contributed by atoms with Gasteiger partial charge in [-0.1, -0.05) is 13.8 Å². The van der Waals surface area contributed by atoms with E-state index in [0.29, 0.717) is 6.54 Å². The van der Waals surface area contributed by atoms with E-state index < -0.39 is 0 Å². The van der Waals surface area contributed by atoms with E-state index in [2.05, 4.69) is 17.3 Å². The number of carbonyl (C=O) groups is 1. The van der Waals surface area contributed by atoms with Crippen LogP contribution in [0.1, 0.15) is 32.4 Å². The van der Waals surface area contributed by atoms with Crippen LogP contribution in [0.15, 0.2) is 12.4 Å². The van der Waals surface area contributed by atoms with Crippen LogP contribution >= 0.6 is 0 Å². The van der Waals surface area contributed by atoms with Gasteiger partial charge in [0.05, 0.1) is 12.2 Å². The fourth-order valence-electron chi connectivity index (χ4n) is 1.66. The summed E-state index contributed by atoms with van der Waals surface area (Å²) in [6.45, 7) is 6.66. The topological polar surface area (TPSA) is 72.9 Å². The summed E-state index contributed by atoms with van der Waals surface area (Å²) in [4.78, 5) is 11.3. The van der Waals surface area contributed by atoms with Crippen molar-refractivity contribution in [2.45, 2.75) is 39.3 Å². The highest BCUT2D eigenvalue weighted by atomic mass is 16.1. The van der Waals surface area contributed by atoms with Gasteiger partial charge in [0.2, 0.25) is 5.91 Å². The molecule has 0 radical (unpaired) electrons. The molecule has 0 aromatic carbocycles. The number of primary amides is 1. The number of hydrogen-bond acceptors (Lipinski definition) is 3. The van der Waals surface area contributed by atoms with Crippen LogP contribution in [0.25, 0.3) is 0 Å². The van der Waals surface area contributed by atoms with Crippen molar-refractivity contribution in [2.75, 3.05) is 6.54 Å². The van der Waals surface area contributed by atoms with Crippen LogP contribution in [-0.2, 0) is 11.2 Å². The minimum atomic E-state index is -0.380. The van der Waals surface area contributed by atoms with E-state index in [4.69, 9.17) is 5.73 Å². The molecule has 0 aliphatic heterocycles. The second-order valence-corrected chi connectivity index (χ2v) is 3.86. The Balaban J connectivity index is 2.80. The van der Waals surface area contributed by atoms with Gasteiger partial charge in [0.1, 0.15) is 6.04 Å². The van der Waals surface area contributed by atoms with Crippen LogP contribution in [0.3, 0.4) is 0 Å². The van der Waals surface area contributed by atoms with Crippen LogP contribution in [0.4, 0.5) is 0 Å². The van der Waals surface area contributed by atoms with Crippen molar-refractivity contribution in [3.63, 3.8) is 0 Å². The third-order valence-electron chi connectivity index (χ3n) is 2.69. The van der Waals surface area contributed by atoms with Crippen molar-refractivity contribution >= 4 is 5.91 Å². The first-order valence-corrected chi connectivity index (χ1v) is 5.65. The van der Waals surface area contributed by atoms with Gasteiger partial charge in [0, 0.05) is 6.20 Å². The lowest BCUT2D eigenvalue weighted by molar-refractivity contribution is -0.121. The number of aromatic nitrogens is 2. The summed E-state index contributed by atoms with van der Waals surface area (Å²) in [6, 6.07) is -0.452. The zero-order valence-electron chi connectivity index (χ0n) is 10.1. The molecule has 0 aliphatic rings. The highest BCUT2D eigenvalue weighted by molar-refractivity contribution is 5.80. The van der Waals surface area contributed by atoms with Gasteiger partial charge in [-0.25, -0.2) is 0 Å². The van der Waals surface area contributed by atoms with Crippen molar-refractivity contribution in [1.82, 2.24) is 15.1 Å². The molecule has 90 valence electrons. The van der Waals surface area contributed by atoms with Crippen molar-refractivity contribution in [1.29, 1.82) is 0 Å². The largest absolute Gasteiger partial charge is 0.368 e. The Morgan fingerprint density at radius 2 is 2.31 bits per heavy atom. The molecule has 1 heterocycles. The van der Waals surface area contributed by atoms with Crippen LogP contribution < -0.4 is 11.1 Å². The van der Waals surface area contributed by atoms with Gasteiger partial charge in [0.15, 0.2) is 0 Å². The monoisotopic (exact) mass is 224 g/mol. The van der Waals surface area contributed by atoms with Crippen molar-refractivity contribution in [2.24, 2.45) is 5.73 Å². The quantitative estimate of drug-likeness (QED) is 0.737. The maximum absolute atomic E-state index is 11.3. The number of nitrogens with zero attached hydrogens (tertiary/aromatic N) is 2. The summed E-state index contributed by atoms with van der Waals surface area (Å²) in [5, 5.41) is 7.31. The second kappa shape index (κ2) is 5.65. The van der Waals surface area contributed by atoms with E-state index in [-0.39, 0.29) is 18.0 Å². The molecule has 0 fully saturated rings. The Morgan fingerprint density at radius 1 is 1.62 bits per heavy atom. The lowest BCUT2D eigenvalue weighted by atomic mass is 10.1. The Labute approximate surface area is 96.0 Å². The van der Waals surface area contributed by atoms with Crippen LogP contribution in [0.2, 0.25) is 0 Å². The normalized spacial score (nSPS) is 14.7. The number of carbonyl (C=O) groups excluding carboxylic acids is 1. The Hall–Kier alpha value is -1.36. The van der Waals surface area contributed by atoms with E-state index in [1.54, 1.807) is 4.68 Å². The number of rotatable bonds is 6. The number of amides is 1. The second-order valence-electron chi connectivity index (χ2n) is 3.86. The van der Waals surface area contributed by atoms with Crippen molar-refractivity contribution in [3.8, 4) is 0 Å². The number of hydrogen-bond donors (Lipinski definition) is 2. The van der Waals surface area contributed by atoms with Gasteiger partial charge >= 0.3 is 0 Å². The van der Waals surface area contributed by atoms with E-state index >= 15 is 0 Å². The van der Waals surface area contributed by atoms with E-state index in [9.17, 15) is 4.79 Å². The zero-order chi connectivity index (χ0) is 12.1. The van der Waals surface area contributed by atoms with E-state index in [0.717, 1.165) is 12.0 Å².